The molecule has 0 heterocycles. The van der Waals surface area contributed by atoms with Crippen molar-refractivity contribution in [2.45, 2.75) is 186 Å². The molecule has 0 aromatic heterocycles. The van der Waals surface area contributed by atoms with E-state index in [0.29, 0.717) is 0 Å². The molecule has 0 nitrogen and oxygen atoms in total. The van der Waals surface area contributed by atoms with Crippen LogP contribution in [0.2, 0.25) is 0 Å². The molecule has 0 aliphatic carbocycles. The minimum atomic E-state index is 1.12. The fourth-order valence-corrected chi connectivity index (χ4v) is 5.57. The number of hydrogen-bond donors (Lipinski definition) is 0. The Hall–Kier alpha value is -0.780. The smallest absolute Gasteiger partial charge is 0.0279 e. The third-order valence-corrected chi connectivity index (χ3v) is 8.06. The van der Waals surface area contributed by atoms with Crippen LogP contribution in [0.4, 0.5) is 0 Å². The van der Waals surface area contributed by atoms with Crippen molar-refractivity contribution in [2.24, 2.45) is 0 Å². The Morgan fingerprint density at radius 1 is 0.306 bits per heavy atom. The van der Waals surface area contributed by atoms with E-state index in [4.69, 9.17) is 0 Å². The zero-order chi connectivity index (χ0) is 25.6. The molecule has 0 saturated carbocycles. The molecular formula is C36H65. The number of hydrogen-bond acceptors (Lipinski definition) is 0. The lowest BCUT2D eigenvalue weighted by Crippen LogP contribution is -1.86. The standard InChI is InChI=1S/C36H65/c1-2-3-4-5-6-7-8-9-10-11-12-13-14-15-16-17-18-19-20-21-22-23-24-25-26-27-28-30-33-36-34-31-29-32-35-36/h29,31-32,34-35H,1-28,30,33H2. The van der Waals surface area contributed by atoms with E-state index in [0.717, 1.165) is 6.42 Å². The number of unbranched alkanes of at least 4 members (excludes halogenated alkanes) is 27. The van der Waals surface area contributed by atoms with Crippen LogP contribution in [-0.2, 0) is 6.42 Å². The van der Waals surface area contributed by atoms with Crippen molar-refractivity contribution in [1.29, 1.82) is 0 Å². The van der Waals surface area contributed by atoms with Gasteiger partial charge in [0.25, 0.3) is 0 Å². The summed E-state index contributed by atoms with van der Waals surface area (Å²) in [4.78, 5) is 0. The molecule has 0 bridgehead atoms. The van der Waals surface area contributed by atoms with Gasteiger partial charge in [0.1, 0.15) is 0 Å². The first-order valence-corrected chi connectivity index (χ1v) is 16.8. The molecule has 0 heteroatoms. The molecule has 0 fully saturated rings. The monoisotopic (exact) mass is 498 g/mol. The van der Waals surface area contributed by atoms with E-state index in [-0.39, 0.29) is 0 Å². The first-order chi connectivity index (χ1) is 17.9. The molecule has 0 amide bonds. The molecule has 1 aromatic carbocycles. The Kier molecular flexibility index (Phi) is 26.6. The summed E-state index contributed by atoms with van der Waals surface area (Å²) in [6.07, 6.45) is 41.8. The van der Waals surface area contributed by atoms with Crippen molar-refractivity contribution in [3.63, 3.8) is 0 Å². The lowest BCUT2D eigenvalue weighted by Gasteiger charge is -2.05. The van der Waals surface area contributed by atoms with Gasteiger partial charge < -0.3 is 0 Å². The summed E-state index contributed by atoms with van der Waals surface area (Å²) in [5.41, 5.74) is 1.51. The Morgan fingerprint density at radius 2 is 0.556 bits per heavy atom. The second kappa shape index (κ2) is 28.8. The maximum Gasteiger partial charge on any atom is -0.0279 e. The number of aryl methyl sites for hydroxylation is 1. The van der Waals surface area contributed by atoms with Gasteiger partial charge in [-0.3, -0.25) is 0 Å². The SMILES string of the molecule is [CH2]CCCCCCCCCCCCCCCCCCCCCCCCCCCCCc1ccccc1. The summed E-state index contributed by atoms with van der Waals surface area (Å²) in [5, 5.41) is 0. The van der Waals surface area contributed by atoms with Crippen LogP contribution in [0.1, 0.15) is 185 Å². The van der Waals surface area contributed by atoms with Gasteiger partial charge in [-0.25, -0.2) is 0 Å². The molecule has 36 heavy (non-hydrogen) atoms. The van der Waals surface area contributed by atoms with Crippen molar-refractivity contribution < 1.29 is 0 Å². The first-order valence-electron chi connectivity index (χ1n) is 16.8. The number of benzene rings is 1. The average Bonchev–Trinajstić information content (AvgIpc) is 2.91. The van der Waals surface area contributed by atoms with Crippen molar-refractivity contribution in [3.8, 4) is 0 Å². The van der Waals surface area contributed by atoms with Gasteiger partial charge in [0, 0.05) is 0 Å². The highest BCUT2D eigenvalue weighted by Gasteiger charge is 1.97. The maximum atomic E-state index is 3.92. The topological polar surface area (TPSA) is 0 Å². The Balaban J connectivity index is 1.63. The number of rotatable bonds is 29. The van der Waals surface area contributed by atoms with Crippen molar-refractivity contribution in [3.05, 3.63) is 42.8 Å². The lowest BCUT2D eigenvalue weighted by molar-refractivity contribution is 0.514. The van der Waals surface area contributed by atoms with Gasteiger partial charge in [0.15, 0.2) is 0 Å². The average molecular weight is 498 g/mol. The van der Waals surface area contributed by atoms with Crippen LogP contribution in [0.3, 0.4) is 0 Å². The van der Waals surface area contributed by atoms with Gasteiger partial charge in [-0.1, -0.05) is 211 Å². The normalized spacial score (nSPS) is 11.4. The van der Waals surface area contributed by atoms with Gasteiger partial charge >= 0.3 is 0 Å². The van der Waals surface area contributed by atoms with E-state index in [9.17, 15) is 0 Å². The summed E-state index contributed by atoms with van der Waals surface area (Å²) < 4.78 is 0. The summed E-state index contributed by atoms with van der Waals surface area (Å²) in [7, 11) is 0. The Labute approximate surface area is 228 Å². The molecule has 1 radical (unpaired) electrons. The van der Waals surface area contributed by atoms with Gasteiger partial charge in [-0.15, -0.1) is 0 Å². The van der Waals surface area contributed by atoms with Crippen molar-refractivity contribution >= 4 is 0 Å². The van der Waals surface area contributed by atoms with Gasteiger partial charge in [-0.05, 0) is 18.4 Å². The fourth-order valence-electron chi connectivity index (χ4n) is 5.57. The summed E-state index contributed by atoms with van der Waals surface area (Å²) in [6.45, 7) is 3.92. The van der Waals surface area contributed by atoms with Crippen LogP contribution >= 0.6 is 0 Å². The van der Waals surface area contributed by atoms with E-state index in [2.05, 4.69) is 37.3 Å². The molecule has 209 valence electrons. The highest BCUT2D eigenvalue weighted by molar-refractivity contribution is 5.14. The quantitative estimate of drug-likeness (QED) is 0.0965. The van der Waals surface area contributed by atoms with E-state index >= 15 is 0 Å². The molecule has 1 aromatic rings. The molecule has 0 unspecified atom stereocenters. The molecule has 0 aliphatic rings. The predicted octanol–water partition coefficient (Wildman–Crippen LogP) is 13.0. The summed E-state index contributed by atoms with van der Waals surface area (Å²) >= 11 is 0. The predicted molar refractivity (Wildman–Crippen MR) is 165 cm³/mol. The minimum absolute atomic E-state index is 1.12. The van der Waals surface area contributed by atoms with Crippen LogP contribution in [0, 0.1) is 6.92 Å². The zero-order valence-corrected chi connectivity index (χ0v) is 24.6. The van der Waals surface area contributed by atoms with Crippen LogP contribution in [0.25, 0.3) is 0 Å². The van der Waals surface area contributed by atoms with Gasteiger partial charge in [0.05, 0.1) is 0 Å². The van der Waals surface area contributed by atoms with Gasteiger partial charge in [-0.2, -0.15) is 0 Å². The molecular weight excluding hydrogens is 432 g/mol. The van der Waals surface area contributed by atoms with Crippen LogP contribution in [0.5, 0.6) is 0 Å². The molecule has 0 N–H and O–H groups in total. The zero-order valence-electron chi connectivity index (χ0n) is 24.6. The lowest BCUT2D eigenvalue weighted by atomic mass is 10.0. The largest absolute Gasteiger partial charge is 0.0622 e. The molecule has 0 saturated heterocycles. The van der Waals surface area contributed by atoms with E-state index < -0.39 is 0 Å². The van der Waals surface area contributed by atoms with Crippen LogP contribution in [-0.4, -0.2) is 0 Å². The summed E-state index contributed by atoms with van der Waals surface area (Å²) in [6, 6.07) is 11.0. The van der Waals surface area contributed by atoms with Crippen LogP contribution < -0.4 is 0 Å². The molecule has 0 atom stereocenters. The Morgan fingerprint density at radius 3 is 0.833 bits per heavy atom. The molecule has 0 spiro atoms. The minimum Gasteiger partial charge on any atom is -0.0622 e. The van der Waals surface area contributed by atoms with Crippen molar-refractivity contribution in [1.82, 2.24) is 0 Å². The Bertz CT molecular complexity index is 504. The molecule has 0 aliphatic heterocycles. The van der Waals surface area contributed by atoms with E-state index in [1.807, 2.05) is 0 Å². The second-order valence-electron chi connectivity index (χ2n) is 11.6. The second-order valence-corrected chi connectivity index (χ2v) is 11.6. The highest BCUT2D eigenvalue weighted by atomic mass is 14.0. The van der Waals surface area contributed by atoms with E-state index in [1.165, 1.54) is 185 Å². The highest BCUT2D eigenvalue weighted by Crippen LogP contribution is 2.16. The molecule has 1 rings (SSSR count). The fraction of sp³-hybridized carbons (Fsp3) is 0.806. The third kappa shape index (κ3) is 24.9. The third-order valence-electron chi connectivity index (χ3n) is 8.06. The van der Waals surface area contributed by atoms with E-state index in [1.54, 1.807) is 0 Å². The van der Waals surface area contributed by atoms with Crippen molar-refractivity contribution in [2.75, 3.05) is 0 Å². The first kappa shape index (κ1) is 33.2. The van der Waals surface area contributed by atoms with Gasteiger partial charge in [0.2, 0.25) is 0 Å². The van der Waals surface area contributed by atoms with Crippen LogP contribution in [0.15, 0.2) is 30.3 Å². The maximum absolute atomic E-state index is 3.92. The summed E-state index contributed by atoms with van der Waals surface area (Å²) in [5.74, 6) is 0.